The van der Waals surface area contributed by atoms with Gasteiger partial charge in [0.2, 0.25) is 5.91 Å². The van der Waals surface area contributed by atoms with Crippen molar-refractivity contribution in [2.24, 2.45) is 11.3 Å². The predicted octanol–water partition coefficient (Wildman–Crippen LogP) is 3.19. The Balaban J connectivity index is 1.81. The molecule has 2 rings (SSSR count). The Hall–Kier alpha value is -1.84. The molecule has 0 bridgehead atoms. The number of carbonyl (C=O) groups is 2. The monoisotopic (exact) mass is 303 g/mol. The van der Waals surface area contributed by atoms with Crippen molar-refractivity contribution in [3.63, 3.8) is 0 Å². The molecule has 0 spiro atoms. The number of benzene rings is 1. The standard InChI is InChI=1S/C18H25NO3/c1-18(2,17(21)22)12-19-16(20)15-10-8-14(9-11-15)13-6-4-3-5-7-13/h3-7,14-15H,8-12H2,1-2H3,(H,19,20)(H,21,22). The van der Waals surface area contributed by atoms with E-state index in [1.807, 2.05) is 6.07 Å². The molecule has 4 heteroatoms. The maximum absolute atomic E-state index is 12.2. The number of amides is 1. The van der Waals surface area contributed by atoms with Crippen molar-refractivity contribution < 1.29 is 14.7 Å². The van der Waals surface area contributed by atoms with Crippen LogP contribution in [0.25, 0.3) is 0 Å². The number of hydrogen-bond donors (Lipinski definition) is 2. The Morgan fingerprint density at radius 1 is 1.14 bits per heavy atom. The average Bonchev–Trinajstić information content (AvgIpc) is 2.53. The lowest BCUT2D eigenvalue weighted by Gasteiger charge is -2.29. The largest absolute Gasteiger partial charge is 0.481 e. The molecule has 1 aromatic rings. The molecule has 1 aliphatic rings. The molecule has 2 N–H and O–H groups in total. The van der Waals surface area contributed by atoms with E-state index in [-0.39, 0.29) is 18.4 Å². The maximum Gasteiger partial charge on any atom is 0.310 e. The first-order valence-electron chi connectivity index (χ1n) is 7.96. The van der Waals surface area contributed by atoms with E-state index in [9.17, 15) is 9.59 Å². The third-order valence-corrected chi connectivity index (χ3v) is 4.65. The van der Waals surface area contributed by atoms with Gasteiger partial charge in [-0.25, -0.2) is 0 Å². The van der Waals surface area contributed by atoms with Crippen LogP contribution in [0, 0.1) is 11.3 Å². The Morgan fingerprint density at radius 2 is 1.73 bits per heavy atom. The van der Waals surface area contributed by atoms with Crippen molar-refractivity contribution in [2.45, 2.75) is 45.4 Å². The first kappa shape index (κ1) is 16.5. The summed E-state index contributed by atoms with van der Waals surface area (Å²) in [6.07, 6.45) is 3.78. The van der Waals surface area contributed by atoms with E-state index in [1.165, 1.54) is 5.56 Å². The lowest BCUT2D eigenvalue weighted by molar-refractivity contribution is -0.146. The highest BCUT2D eigenvalue weighted by atomic mass is 16.4. The minimum absolute atomic E-state index is 0.000775. The van der Waals surface area contributed by atoms with Crippen LogP contribution in [0.15, 0.2) is 30.3 Å². The van der Waals surface area contributed by atoms with E-state index in [4.69, 9.17) is 5.11 Å². The predicted molar refractivity (Wildman–Crippen MR) is 85.6 cm³/mol. The second-order valence-corrected chi connectivity index (χ2v) is 6.87. The highest BCUT2D eigenvalue weighted by Gasteiger charge is 2.31. The summed E-state index contributed by atoms with van der Waals surface area (Å²) in [6.45, 7) is 3.43. The zero-order valence-electron chi connectivity index (χ0n) is 13.3. The van der Waals surface area contributed by atoms with E-state index >= 15 is 0 Å². The lowest BCUT2D eigenvalue weighted by Crippen LogP contribution is -2.42. The van der Waals surface area contributed by atoms with Gasteiger partial charge in [-0.3, -0.25) is 9.59 Å². The van der Waals surface area contributed by atoms with Crippen LogP contribution < -0.4 is 5.32 Å². The number of carboxylic acid groups (broad SMARTS) is 1. The number of carbonyl (C=O) groups excluding carboxylic acids is 1. The summed E-state index contributed by atoms with van der Waals surface area (Å²) in [6, 6.07) is 10.4. The summed E-state index contributed by atoms with van der Waals surface area (Å²) in [4.78, 5) is 23.3. The minimum atomic E-state index is -0.920. The first-order valence-corrected chi connectivity index (χ1v) is 7.96. The third-order valence-electron chi connectivity index (χ3n) is 4.65. The lowest BCUT2D eigenvalue weighted by atomic mass is 9.78. The van der Waals surface area contributed by atoms with Gasteiger partial charge in [-0.05, 0) is 51.0 Å². The van der Waals surface area contributed by atoms with Crippen LogP contribution >= 0.6 is 0 Å². The van der Waals surface area contributed by atoms with E-state index in [1.54, 1.807) is 13.8 Å². The van der Waals surface area contributed by atoms with Gasteiger partial charge in [-0.2, -0.15) is 0 Å². The van der Waals surface area contributed by atoms with Crippen molar-refractivity contribution in [3.05, 3.63) is 35.9 Å². The van der Waals surface area contributed by atoms with Crippen molar-refractivity contribution in [2.75, 3.05) is 6.54 Å². The van der Waals surface area contributed by atoms with Crippen molar-refractivity contribution in [3.8, 4) is 0 Å². The first-order chi connectivity index (χ1) is 10.4. The van der Waals surface area contributed by atoms with Crippen LogP contribution in [0.3, 0.4) is 0 Å². The molecule has 1 aliphatic carbocycles. The van der Waals surface area contributed by atoms with Gasteiger partial charge in [0, 0.05) is 12.5 Å². The van der Waals surface area contributed by atoms with E-state index in [0.29, 0.717) is 5.92 Å². The Kier molecular flexibility index (Phi) is 5.22. The summed E-state index contributed by atoms with van der Waals surface area (Å²) < 4.78 is 0. The number of carboxylic acids is 1. The zero-order chi connectivity index (χ0) is 16.2. The van der Waals surface area contributed by atoms with Gasteiger partial charge in [0.25, 0.3) is 0 Å². The molecule has 1 fully saturated rings. The zero-order valence-corrected chi connectivity index (χ0v) is 13.3. The van der Waals surface area contributed by atoms with Crippen LogP contribution in [0.1, 0.15) is 51.0 Å². The smallest absolute Gasteiger partial charge is 0.310 e. The third kappa shape index (κ3) is 4.09. The fourth-order valence-corrected chi connectivity index (χ4v) is 2.94. The summed E-state index contributed by atoms with van der Waals surface area (Å²) in [5, 5.41) is 11.9. The average molecular weight is 303 g/mol. The van der Waals surface area contributed by atoms with Gasteiger partial charge in [-0.1, -0.05) is 30.3 Å². The van der Waals surface area contributed by atoms with E-state index in [2.05, 4.69) is 29.6 Å². The normalized spacial score (nSPS) is 22.1. The highest BCUT2D eigenvalue weighted by Crippen LogP contribution is 2.35. The van der Waals surface area contributed by atoms with Gasteiger partial charge in [-0.15, -0.1) is 0 Å². The van der Waals surface area contributed by atoms with Crippen LogP contribution in [0.5, 0.6) is 0 Å². The Labute approximate surface area is 131 Å². The molecule has 0 heterocycles. The molecule has 0 aliphatic heterocycles. The quantitative estimate of drug-likeness (QED) is 0.878. The van der Waals surface area contributed by atoms with Crippen LogP contribution in [0.2, 0.25) is 0 Å². The molecule has 0 aromatic heterocycles. The van der Waals surface area contributed by atoms with Crippen molar-refractivity contribution in [1.82, 2.24) is 5.32 Å². The molecule has 0 atom stereocenters. The number of hydrogen-bond acceptors (Lipinski definition) is 2. The van der Waals surface area contributed by atoms with Gasteiger partial charge in [0.05, 0.1) is 5.41 Å². The minimum Gasteiger partial charge on any atom is -0.481 e. The summed E-state index contributed by atoms with van der Waals surface area (Å²) >= 11 is 0. The van der Waals surface area contributed by atoms with Gasteiger partial charge in [0.15, 0.2) is 0 Å². The van der Waals surface area contributed by atoms with Crippen molar-refractivity contribution in [1.29, 1.82) is 0 Å². The van der Waals surface area contributed by atoms with E-state index < -0.39 is 11.4 Å². The number of rotatable bonds is 5. The second kappa shape index (κ2) is 6.95. The van der Waals surface area contributed by atoms with Crippen LogP contribution in [0.4, 0.5) is 0 Å². The molecule has 0 saturated heterocycles. The highest BCUT2D eigenvalue weighted by molar-refractivity contribution is 5.80. The summed E-state index contributed by atoms with van der Waals surface area (Å²) in [5.74, 6) is -0.327. The summed E-state index contributed by atoms with van der Waals surface area (Å²) in [5.41, 5.74) is 0.435. The fourth-order valence-electron chi connectivity index (χ4n) is 2.94. The molecule has 0 radical (unpaired) electrons. The SMILES string of the molecule is CC(C)(CNC(=O)C1CCC(c2ccccc2)CC1)C(=O)O. The number of nitrogens with one attached hydrogen (secondary N) is 1. The molecular formula is C18H25NO3. The molecule has 120 valence electrons. The Bertz CT molecular complexity index is 516. The maximum atomic E-state index is 12.2. The van der Waals surface area contributed by atoms with Crippen LogP contribution in [-0.4, -0.2) is 23.5 Å². The molecule has 1 aromatic carbocycles. The van der Waals surface area contributed by atoms with E-state index in [0.717, 1.165) is 25.7 Å². The number of aliphatic carboxylic acids is 1. The Morgan fingerprint density at radius 3 is 2.27 bits per heavy atom. The molecule has 1 amide bonds. The molecule has 22 heavy (non-hydrogen) atoms. The molecule has 4 nitrogen and oxygen atoms in total. The summed E-state index contributed by atoms with van der Waals surface area (Å²) in [7, 11) is 0. The van der Waals surface area contributed by atoms with Gasteiger partial charge < -0.3 is 10.4 Å². The molecule has 0 unspecified atom stereocenters. The topological polar surface area (TPSA) is 66.4 Å². The van der Waals surface area contributed by atoms with Gasteiger partial charge in [0.1, 0.15) is 0 Å². The van der Waals surface area contributed by atoms with Crippen LogP contribution in [-0.2, 0) is 9.59 Å². The fraction of sp³-hybridized carbons (Fsp3) is 0.556. The van der Waals surface area contributed by atoms with Crippen molar-refractivity contribution >= 4 is 11.9 Å². The van der Waals surface area contributed by atoms with Gasteiger partial charge >= 0.3 is 5.97 Å². The molecule has 1 saturated carbocycles. The second-order valence-electron chi connectivity index (χ2n) is 6.87. The molecular weight excluding hydrogens is 278 g/mol.